The Labute approximate surface area is 128 Å². The molecule has 2 unspecified atom stereocenters. The van der Waals surface area contributed by atoms with E-state index in [1.165, 1.54) is 0 Å². The van der Waals surface area contributed by atoms with E-state index in [2.05, 4.69) is 9.97 Å². The second kappa shape index (κ2) is 5.72. The Morgan fingerprint density at radius 2 is 1.68 bits per heavy atom. The number of nitrogens with zero attached hydrogens (tertiary/aromatic N) is 2. The molecule has 3 heterocycles. The normalized spacial score (nSPS) is 31.8. The first kappa shape index (κ1) is 15.6. The van der Waals surface area contributed by atoms with Crippen molar-refractivity contribution in [3.8, 4) is 0 Å². The van der Waals surface area contributed by atoms with Gasteiger partial charge in [-0.05, 0) is 25.7 Å². The van der Waals surface area contributed by atoms with Crippen LogP contribution in [0.15, 0.2) is 12.4 Å². The maximum atomic E-state index is 12.4. The van der Waals surface area contributed by atoms with Crippen LogP contribution in [-0.4, -0.2) is 30.5 Å². The van der Waals surface area contributed by atoms with Gasteiger partial charge in [0.15, 0.2) is 5.78 Å². The standard InChI is InChI=1S/C14H15F3N2O2S/c15-14(16,17)13-18-6-9(7-19-13)12(20)8-4-10-2-1-3-11(5-8)22(10)21/h6-8,10-11H,1-5H2. The molecule has 0 amide bonds. The zero-order valence-electron chi connectivity index (χ0n) is 11.7. The van der Waals surface area contributed by atoms with Gasteiger partial charge >= 0.3 is 6.18 Å². The van der Waals surface area contributed by atoms with E-state index >= 15 is 0 Å². The van der Waals surface area contributed by atoms with Gasteiger partial charge in [0.2, 0.25) is 5.82 Å². The van der Waals surface area contributed by atoms with Crippen molar-refractivity contribution in [1.82, 2.24) is 9.97 Å². The summed E-state index contributed by atoms with van der Waals surface area (Å²) < 4.78 is 49.4. The third-order valence-corrected chi connectivity index (χ3v) is 6.54. The van der Waals surface area contributed by atoms with Crippen LogP contribution in [-0.2, 0) is 17.0 Å². The number of fused-ring (bicyclic) bond motifs is 2. The lowest BCUT2D eigenvalue weighted by Crippen LogP contribution is -2.41. The van der Waals surface area contributed by atoms with Crippen LogP contribution in [0.4, 0.5) is 13.2 Å². The van der Waals surface area contributed by atoms with Gasteiger partial charge < -0.3 is 0 Å². The number of hydrogen-bond donors (Lipinski definition) is 0. The van der Waals surface area contributed by atoms with Gasteiger partial charge in [0.05, 0.1) is 5.56 Å². The summed E-state index contributed by atoms with van der Waals surface area (Å²) in [5, 5.41) is 0.0774. The van der Waals surface area contributed by atoms with Crippen LogP contribution in [0.1, 0.15) is 48.3 Å². The molecule has 0 spiro atoms. The number of carbonyl (C=O) groups is 1. The highest BCUT2D eigenvalue weighted by Crippen LogP contribution is 2.38. The van der Waals surface area contributed by atoms with Crippen LogP contribution in [0.3, 0.4) is 0 Å². The average molecular weight is 332 g/mol. The summed E-state index contributed by atoms with van der Waals surface area (Å²) in [5.74, 6) is -1.76. The summed E-state index contributed by atoms with van der Waals surface area (Å²) in [6.45, 7) is 0. The van der Waals surface area contributed by atoms with Gasteiger partial charge in [-0.25, -0.2) is 9.97 Å². The van der Waals surface area contributed by atoms with Gasteiger partial charge in [-0.1, -0.05) is 6.42 Å². The lowest BCUT2D eigenvalue weighted by molar-refractivity contribution is -0.145. The van der Waals surface area contributed by atoms with Gasteiger partial charge in [-0.2, -0.15) is 13.2 Å². The fraction of sp³-hybridized carbons (Fsp3) is 0.643. The summed E-state index contributed by atoms with van der Waals surface area (Å²) in [6.07, 6.45) is 1.11. The van der Waals surface area contributed by atoms with Crippen molar-refractivity contribution < 1.29 is 22.2 Å². The first-order valence-corrected chi connectivity index (χ1v) is 8.46. The van der Waals surface area contributed by atoms with Crippen LogP contribution in [0.2, 0.25) is 0 Å². The highest BCUT2D eigenvalue weighted by atomic mass is 32.2. The third kappa shape index (κ3) is 2.93. The quantitative estimate of drug-likeness (QED) is 0.782. The van der Waals surface area contributed by atoms with E-state index in [1.807, 2.05) is 0 Å². The van der Waals surface area contributed by atoms with E-state index in [0.717, 1.165) is 31.7 Å². The number of halogens is 3. The molecule has 3 rings (SSSR count). The molecule has 2 saturated heterocycles. The number of carbonyl (C=O) groups excluding carboxylic acids is 1. The number of Topliss-reactive ketones (excluding diaryl/α,β-unsaturated/α-hetero) is 1. The molecule has 0 aromatic carbocycles. The van der Waals surface area contributed by atoms with E-state index in [9.17, 15) is 22.2 Å². The van der Waals surface area contributed by atoms with Crippen molar-refractivity contribution in [3.63, 3.8) is 0 Å². The SMILES string of the molecule is O=C(c1cnc(C(F)(F)F)nc1)C1CC2CCCC(C1)S2=O. The summed E-state index contributed by atoms with van der Waals surface area (Å²) in [6, 6.07) is 0. The molecule has 0 N–H and O–H groups in total. The van der Waals surface area contributed by atoms with E-state index < -0.39 is 22.8 Å². The van der Waals surface area contributed by atoms with Crippen LogP contribution in [0, 0.1) is 5.92 Å². The molecule has 2 aliphatic heterocycles. The van der Waals surface area contributed by atoms with Crippen molar-refractivity contribution in [2.45, 2.75) is 48.8 Å². The average Bonchev–Trinajstić information content (AvgIpc) is 2.45. The second-order valence-corrected chi connectivity index (χ2v) is 7.82. The molecule has 120 valence electrons. The van der Waals surface area contributed by atoms with Crippen LogP contribution in [0.5, 0.6) is 0 Å². The molecule has 8 heteroatoms. The van der Waals surface area contributed by atoms with Gasteiger partial charge in [-0.3, -0.25) is 9.00 Å². The predicted octanol–water partition coefficient (Wildman–Crippen LogP) is 2.76. The third-order valence-electron chi connectivity index (χ3n) is 4.36. The summed E-state index contributed by atoms with van der Waals surface area (Å²) >= 11 is 0. The fourth-order valence-corrected chi connectivity index (χ4v) is 5.47. The maximum Gasteiger partial charge on any atom is 0.451 e. The van der Waals surface area contributed by atoms with E-state index in [1.54, 1.807) is 0 Å². The Morgan fingerprint density at radius 3 is 2.18 bits per heavy atom. The molecule has 4 nitrogen and oxygen atoms in total. The first-order valence-electron chi connectivity index (χ1n) is 7.19. The van der Waals surface area contributed by atoms with Gasteiger partial charge in [0.1, 0.15) is 0 Å². The molecule has 1 aromatic heterocycles. The van der Waals surface area contributed by atoms with E-state index in [4.69, 9.17) is 0 Å². The maximum absolute atomic E-state index is 12.4. The first-order chi connectivity index (χ1) is 10.4. The minimum Gasteiger partial charge on any atom is -0.294 e. The van der Waals surface area contributed by atoms with Gasteiger partial charge in [0, 0.05) is 39.6 Å². The predicted molar refractivity (Wildman–Crippen MR) is 73.7 cm³/mol. The number of rotatable bonds is 2. The number of alkyl halides is 3. The Kier molecular flexibility index (Phi) is 4.05. The Morgan fingerprint density at radius 1 is 1.14 bits per heavy atom. The lowest BCUT2D eigenvalue weighted by atomic mass is 9.85. The largest absolute Gasteiger partial charge is 0.451 e. The molecule has 0 aliphatic carbocycles. The lowest BCUT2D eigenvalue weighted by Gasteiger charge is -2.37. The van der Waals surface area contributed by atoms with Crippen molar-refractivity contribution in [2.75, 3.05) is 0 Å². The van der Waals surface area contributed by atoms with Gasteiger partial charge in [-0.15, -0.1) is 0 Å². The molecule has 2 aliphatic rings. The number of hydrogen-bond acceptors (Lipinski definition) is 4. The molecule has 1 aromatic rings. The van der Waals surface area contributed by atoms with Crippen molar-refractivity contribution in [3.05, 3.63) is 23.8 Å². The van der Waals surface area contributed by atoms with E-state index in [0.29, 0.717) is 12.8 Å². The molecule has 0 radical (unpaired) electrons. The minimum atomic E-state index is -4.61. The van der Waals surface area contributed by atoms with Gasteiger partial charge in [0.25, 0.3) is 0 Å². The summed E-state index contributed by atoms with van der Waals surface area (Å²) in [7, 11) is -0.877. The van der Waals surface area contributed by atoms with E-state index in [-0.39, 0.29) is 27.8 Å². The highest BCUT2D eigenvalue weighted by molar-refractivity contribution is 7.86. The van der Waals surface area contributed by atoms with Crippen LogP contribution >= 0.6 is 0 Å². The van der Waals surface area contributed by atoms with Crippen molar-refractivity contribution in [2.24, 2.45) is 5.92 Å². The molecule has 2 bridgehead atoms. The molecular formula is C14H15F3N2O2S. The molecular weight excluding hydrogens is 317 g/mol. The van der Waals surface area contributed by atoms with Crippen molar-refractivity contribution in [1.29, 1.82) is 0 Å². The Bertz CT molecular complexity index is 587. The molecule has 2 fully saturated rings. The second-order valence-electron chi connectivity index (χ2n) is 5.83. The Hall–Kier alpha value is -1.31. The number of aromatic nitrogens is 2. The Balaban J connectivity index is 1.75. The molecule has 22 heavy (non-hydrogen) atoms. The topological polar surface area (TPSA) is 59.9 Å². The summed E-state index contributed by atoms with van der Waals surface area (Å²) in [4.78, 5) is 18.9. The monoisotopic (exact) mass is 332 g/mol. The zero-order valence-corrected chi connectivity index (χ0v) is 12.5. The molecule has 0 saturated carbocycles. The van der Waals surface area contributed by atoms with Crippen LogP contribution in [0.25, 0.3) is 0 Å². The number of ketones is 1. The van der Waals surface area contributed by atoms with Crippen LogP contribution < -0.4 is 0 Å². The fourth-order valence-electron chi connectivity index (χ4n) is 3.29. The smallest absolute Gasteiger partial charge is 0.294 e. The summed E-state index contributed by atoms with van der Waals surface area (Å²) in [5.41, 5.74) is 0.101. The molecule has 2 atom stereocenters. The van der Waals surface area contributed by atoms with Crippen molar-refractivity contribution >= 4 is 16.6 Å². The minimum absolute atomic E-state index is 0.0387. The zero-order chi connectivity index (χ0) is 15.9. The highest BCUT2D eigenvalue weighted by Gasteiger charge is 2.41.